The average Bonchev–Trinajstić information content (AvgIpc) is 2.77. The number of carbonyl (C=O) groups is 2. The number of alkyl halides is 3. The lowest BCUT2D eigenvalue weighted by Crippen LogP contribution is -2.63. The molecular weight excluding hydrogens is 457 g/mol. The van der Waals surface area contributed by atoms with Gasteiger partial charge in [0.25, 0.3) is 0 Å². The van der Waals surface area contributed by atoms with Gasteiger partial charge < -0.3 is 19.9 Å². The van der Waals surface area contributed by atoms with Crippen LogP contribution in [0.4, 0.5) is 18.0 Å². The van der Waals surface area contributed by atoms with Crippen LogP contribution in [0.5, 0.6) is 0 Å². The second-order valence-electron chi connectivity index (χ2n) is 9.44. The summed E-state index contributed by atoms with van der Waals surface area (Å²) in [4.78, 5) is 29.2. The molecule has 1 aromatic rings. The third-order valence-corrected chi connectivity index (χ3v) is 8.13. The van der Waals surface area contributed by atoms with E-state index >= 15 is 0 Å². The van der Waals surface area contributed by atoms with Crippen molar-refractivity contribution in [3.8, 4) is 0 Å². The first kappa shape index (κ1) is 22.8. The highest BCUT2D eigenvalue weighted by atomic mass is 32.2. The van der Waals surface area contributed by atoms with Gasteiger partial charge in [-0.05, 0) is 55.5 Å². The van der Waals surface area contributed by atoms with Gasteiger partial charge in [-0.3, -0.25) is 4.79 Å². The standard InChI is InChI=1S/C22H27F3N4O3S/c23-22(24,25)15-1-3-16(4-2-15)33-29-13-21(14-29)6-9-27(10-7-21)20(31)28-8-5-18-17(11-28)26-19(30)12-32-18/h1-4,17-18H,5-14H2,(H,26,30)/t17-,18+/m1/s1. The van der Waals surface area contributed by atoms with Crippen LogP contribution in [0.15, 0.2) is 29.2 Å². The molecule has 0 aromatic heterocycles. The Morgan fingerprint density at radius 1 is 1.09 bits per heavy atom. The highest BCUT2D eigenvalue weighted by molar-refractivity contribution is 7.97. The smallest absolute Gasteiger partial charge is 0.366 e. The van der Waals surface area contributed by atoms with E-state index in [-0.39, 0.29) is 36.1 Å². The number of hydrogen-bond donors (Lipinski definition) is 1. The summed E-state index contributed by atoms with van der Waals surface area (Å²) in [5, 5.41) is 2.93. The molecule has 4 heterocycles. The van der Waals surface area contributed by atoms with Gasteiger partial charge in [-0.1, -0.05) is 0 Å². The molecule has 0 saturated carbocycles. The van der Waals surface area contributed by atoms with Crippen LogP contribution in [0.3, 0.4) is 0 Å². The number of amides is 3. The van der Waals surface area contributed by atoms with E-state index in [9.17, 15) is 22.8 Å². The SMILES string of the molecule is O=C1CO[C@H]2CCN(C(=O)N3CCC4(CC3)CN(Sc3ccc(C(F)(F)F)cc3)C4)C[C@H]2N1. The number of nitrogens with one attached hydrogen (secondary N) is 1. The van der Waals surface area contributed by atoms with Crippen molar-refractivity contribution < 1.29 is 27.5 Å². The second-order valence-corrected chi connectivity index (χ2v) is 10.6. The monoisotopic (exact) mass is 484 g/mol. The minimum absolute atomic E-state index is 0.0144. The van der Waals surface area contributed by atoms with Gasteiger partial charge in [0.05, 0.1) is 17.7 Å². The van der Waals surface area contributed by atoms with Crippen LogP contribution in [0.25, 0.3) is 0 Å². The van der Waals surface area contributed by atoms with E-state index < -0.39 is 11.7 Å². The summed E-state index contributed by atoms with van der Waals surface area (Å²) in [6, 6.07) is 5.16. The molecule has 4 saturated heterocycles. The number of piperidine rings is 2. The van der Waals surface area contributed by atoms with Gasteiger partial charge in [-0.2, -0.15) is 13.2 Å². The van der Waals surface area contributed by atoms with Crippen molar-refractivity contribution in [3.05, 3.63) is 29.8 Å². The van der Waals surface area contributed by atoms with E-state index in [0.717, 1.165) is 49.4 Å². The molecule has 3 amide bonds. The van der Waals surface area contributed by atoms with Crippen LogP contribution in [0.1, 0.15) is 24.8 Å². The molecule has 11 heteroatoms. The van der Waals surface area contributed by atoms with E-state index in [2.05, 4.69) is 9.62 Å². The maximum absolute atomic E-state index is 13.0. The Morgan fingerprint density at radius 3 is 2.45 bits per heavy atom. The molecule has 1 N–H and O–H groups in total. The molecule has 4 fully saturated rings. The quantitative estimate of drug-likeness (QED) is 0.655. The van der Waals surface area contributed by atoms with Crippen LogP contribution >= 0.6 is 11.9 Å². The zero-order valence-corrected chi connectivity index (χ0v) is 19.0. The summed E-state index contributed by atoms with van der Waals surface area (Å²) >= 11 is 1.49. The van der Waals surface area contributed by atoms with Crippen LogP contribution in [-0.2, 0) is 15.7 Å². The molecule has 0 bridgehead atoms. The topological polar surface area (TPSA) is 65.1 Å². The van der Waals surface area contributed by atoms with Crippen molar-refractivity contribution >= 4 is 23.9 Å². The third-order valence-electron chi connectivity index (χ3n) is 7.13. The van der Waals surface area contributed by atoms with Crippen molar-refractivity contribution in [2.24, 2.45) is 5.41 Å². The van der Waals surface area contributed by atoms with Gasteiger partial charge in [-0.25, -0.2) is 9.10 Å². The molecule has 0 radical (unpaired) electrons. The Bertz CT molecular complexity index is 897. The number of hydrogen-bond acceptors (Lipinski definition) is 5. The number of likely N-dealkylation sites (tertiary alicyclic amines) is 2. The number of ether oxygens (including phenoxy) is 1. The Kier molecular flexibility index (Phi) is 5.98. The molecule has 1 spiro atoms. The first-order valence-corrected chi connectivity index (χ1v) is 12.0. The predicted octanol–water partition coefficient (Wildman–Crippen LogP) is 2.82. The summed E-state index contributed by atoms with van der Waals surface area (Å²) in [7, 11) is 0. The molecule has 1 aromatic carbocycles. The molecular formula is C22H27F3N4O3S. The summed E-state index contributed by atoms with van der Waals surface area (Å²) in [5.74, 6) is -0.130. The van der Waals surface area contributed by atoms with Gasteiger partial charge in [0.2, 0.25) is 5.91 Å². The van der Waals surface area contributed by atoms with E-state index in [4.69, 9.17) is 4.74 Å². The number of urea groups is 1. The number of nitrogens with zero attached hydrogens (tertiary/aromatic N) is 3. The van der Waals surface area contributed by atoms with Crippen LogP contribution in [-0.4, -0.2) is 84.1 Å². The fourth-order valence-electron chi connectivity index (χ4n) is 5.18. The largest absolute Gasteiger partial charge is 0.416 e. The van der Waals surface area contributed by atoms with Crippen molar-refractivity contribution in [1.82, 2.24) is 19.4 Å². The van der Waals surface area contributed by atoms with Crippen LogP contribution < -0.4 is 5.32 Å². The van der Waals surface area contributed by atoms with Gasteiger partial charge in [-0.15, -0.1) is 0 Å². The first-order valence-electron chi connectivity index (χ1n) is 11.3. The summed E-state index contributed by atoms with van der Waals surface area (Å²) in [6.07, 6.45) is -1.77. The molecule has 0 aliphatic carbocycles. The highest BCUT2D eigenvalue weighted by Gasteiger charge is 2.47. The zero-order chi connectivity index (χ0) is 23.2. The number of carbonyl (C=O) groups excluding carboxylic acids is 2. The van der Waals surface area contributed by atoms with Gasteiger partial charge in [0.1, 0.15) is 6.61 Å². The second kappa shape index (κ2) is 8.66. The fourth-order valence-corrected chi connectivity index (χ4v) is 6.42. The summed E-state index contributed by atoms with van der Waals surface area (Å²) in [5.41, 5.74) is -0.458. The number of morpholine rings is 1. The van der Waals surface area contributed by atoms with Crippen LogP contribution in [0.2, 0.25) is 0 Å². The number of halogens is 3. The molecule has 180 valence electrons. The van der Waals surface area contributed by atoms with Crippen LogP contribution in [0, 0.1) is 5.41 Å². The molecule has 4 aliphatic heterocycles. The lowest BCUT2D eigenvalue weighted by molar-refractivity contribution is -0.140. The highest BCUT2D eigenvalue weighted by Crippen LogP contribution is 2.45. The molecule has 5 rings (SSSR count). The van der Waals surface area contributed by atoms with E-state index in [1.54, 1.807) is 0 Å². The fraction of sp³-hybridized carbons (Fsp3) is 0.636. The lowest BCUT2D eigenvalue weighted by Gasteiger charge is -2.53. The minimum atomic E-state index is -4.32. The number of rotatable bonds is 2. The molecule has 4 aliphatic rings. The number of fused-ring (bicyclic) bond motifs is 1. The van der Waals surface area contributed by atoms with Crippen molar-refractivity contribution in [3.63, 3.8) is 0 Å². The summed E-state index contributed by atoms with van der Waals surface area (Å²) < 4.78 is 45.9. The third kappa shape index (κ3) is 4.81. The van der Waals surface area contributed by atoms with Crippen molar-refractivity contribution in [1.29, 1.82) is 0 Å². The molecule has 7 nitrogen and oxygen atoms in total. The van der Waals surface area contributed by atoms with Gasteiger partial charge in [0.15, 0.2) is 0 Å². The predicted molar refractivity (Wildman–Crippen MR) is 115 cm³/mol. The average molecular weight is 485 g/mol. The lowest BCUT2D eigenvalue weighted by atomic mass is 9.73. The van der Waals surface area contributed by atoms with E-state index in [0.29, 0.717) is 26.2 Å². The Morgan fingerprint density at radius 2 is 1.79 bits per heavy atom. The Balaban J connectivity index is 1.08. The summed E-state index contributed by atoms with van der Waals surface area (Å²) in [6.45, 7) is 4.35. The van der Waals surface area contributed by atoms with Gasteiger partial charge in [0, 0.05) is 49.6 Å². The van der Waals surface area contributed by atoms with Crippen molar-refractivity contribution in [2.45, 2.75) is 42.5 Å². The maximum atomic E-state index is 13.0. The van der Waals surface area contributed by atoms with E-state index in [1.165, 1.54) is 24.1 Å². The Hall–Kier alpha value is -1.98. The minimum Gasteiger partial charge on any atom is -0.366 e. The normalized spacial score (nSPS) is 27.7. The molecule has 2 atom stereocenters. The zero-order valence-electron chi connectivity index (χ0n) is 18.1. The number of benzene rings is 1. The van der Waals surface area contributed by atoms with Gasteiger partial charge >= 0.3 is 12.2 Å². The maximum Gasteiger partial charge on any atom is 0.416 e. The molecule has 33 heavy (non-hydrogen) atoms. The van der Waals surface area contributed by atoms with Crippen molar-refractivity contribution in [2.75, 3.05) is 45.9 Å². The van der Waals surface area contributed by atoms with E-state index in [1.807, 2.05) is 9.80 Å². The first-order chi connectivity index (χ1) is 15.7. The Labute approximate surface area is 194 Å². The molecule has 0 unspecified atom stereocenters.